The summed E-state index contributed by atoms with van der Waals surface area (Å²) in [5.41, 5.74) is 7.05. The Hall–Kier alpha value is -2.04. The average Bonchev–Trinajstić information content (AvgIpc) is 2.54. The summed E-state index contributed by atoms with van der Waals surface area (Å²) in [6.45, 7) is 4.98. The van der Waals surface area contributed by atoms with Crippen LogP contribution in [0.2, 0.25) is 5.02 Å². The van der Waals surface area contributed by atoms with Gasteiger partial charge in [0.25, 0.3) is 0 Å². The minimum Gasteiger partial charge on any atom is -0.492 e. The fraction of sp³-hybridized carbons (Fsp3) is 0.316. The van der Waals surface area contributed by atoms with Gasteiger partial charge in [0.1, 0.15) is 12.4 Å². The molecule has 0 fully saturated rings. The maximum Gasteiger partial charge on any atom is 0.232 e. The molecule has 2 aromatic carbocycles. The summed E-state index contributed by atoms with van der Waals surface area (Å²) in [5, 5.41) is 3.59. The average molecular weight is 347 g/mol. The third kappa shape index (κ3) is 4.98. The first-order valence-electron chi connectivity index (χ1n) is 8.00. The van der Waals surface area contributed by atoms with Crippen LogP contribution in [0.25, 0.3) is 0 Å². The molecule has 2 aromatic rings. The molecule has 2 rings (SSSR count). The summed E-state index contributed by atoms with van der Waals surface area (Å²) in [6.07, 6.45) is 0. The van der Waals surface area contributed by atoms with Crippen molar-refractivity contribution < 1.29 is 9.53 Å². The number of ether oxygens (including phenoxy) is 1. The molecule has 0 radical (unpaired) electrons. The Balaban J connectivity index is 2.10. The molecule has 3 N–H and O–H groups in total. The van der Waals surface area contributed by atoms with E-state index in [9.17, 15) is 4.79 Å². The molecule has 0 spiro atoms. The molecule has 24 heavy (non-hydrogen) atoms. The molecule has 5 heteroatoms. The summed E-state index contributed by atoms with van der Waals surface area (Å²) in [6, 6.07) is 14.7. The molecule has 4 nitrogen and oxygen atoms in total. The molecule has 0 saturated carbocycles. The highest BCUT2D eigenvalue weighted by atomic mass is 35.5. The maximum atomic E-state index is 12.7. The second kappa shape index (κ2) is 8.71. The second-order valence-corrected chi connectivity index (χ2v) is 6.36. The van der Waals surface area contributed by atoms with Crippen molar-refractivity contribution in [2.24, 2.45) is 11.7 Å². The molecule has 128 valence electrons. The monoisotopic (exact) mass is 346 g/mol. The fourth-order valence-corrected chi connectivity index (χ4v) is 2.77. The summed E-state index contributed by atoms with van der Waals surface area (Å²) in [4.78, 5) is 12.7. The third-order valence-corrected chi connectivity index (χ3v) is 3.90. The van der Waals surface area contributed by atoms with Gasteiger partial charge in [-0.15, -0.1) is 0 Å². The largest absolute Gasteiger partial charge is 0.492 e. The van der Waals surface area contributed by atoms with Gasteiger partial charge in [-0.1, -0.05) is 37.6 Å². The minimum atomic E-state index is -0.267. The SMILES string of the molecule is CC(C)C(C(=O)Nc1ccc(OCCN)cc1)c1cccc(Cl)c1. The van der Waals surface area contributed by atoms with Crippen molar-refractivity contribution >= 4 is 23.2 Å². The van der Waals surface area contributed by atoms with Crippen LogP contribution in [-0.2, 0) is 4.79 Å². The Morgan fingerprint density at radius 3 is 2.50 bits per heavy atom. The van der Waals surface area contributed by atoms with E-state index in [-0.39, 0.29) is 17.7 Å². The Bertz CT molecular complexity index is 671. The van der Waals surface area contributed by atoms with Crippen LogP contribution in [0.3, 0.4) is 0 Å². The van der Waals surface area contributed by atoms with Crippen molar-refractivity contribution in [3.05, 3.63) is 59.1 Å². The molecule has 0 aromatic heterocycles. The number of amides is 1. The summed E-state index contributed by atoms with van der Waals surface area (Å²) < 4.78 is 5.43. The quantitative estimate of drug-likeness (QED) is 0.794. The highest BCUT2D eigenvalue weighted by molar-refractivity contribution is 6.30. The Labute approximate surface area is 148 Å². The minimum absolute atomic E-state index is 0.0529. The first-order valence-corrected chi connectivity index (χ1v) is 8.38. The Morgan fingerprint density at radius 2 is 1.92 bits per heavy atom. The number of anilines is 1. The predicted octanol–water partition coefficient (Wildman–Crippen LogP) is 4.06. The van der Waals surface area contributed by atoms with E-state index in [1.807, 2.05) is 56.3 Å². The lowest BCUT2D eigenvalue weighted by molar-refractivity contribution is -0.118. The van der Waals surface area contributed by atoms with Crippen LogP contribution in [0, 0.1) is 5.92 Å². The number of carbonyl (C=O) groups is 1. The molecule has 0 bridgehead atoms. The fourth-order valence-electron chi connectivity index (χ4n) is 2.57. The zero-order valence-electron chi connectivity index (χ0n) is 14.0. The van der Waals surface area contributed by atoms with Crippen LogP contribution in [0.1, 0.15) is 25.3 Å². The number of rotatable bonds is 7. The van der Waals surface area contributed by atoms with E-state index >= 15 is 0 Å². The van der Waals surface area contributed by atoms with Crippen molar-refractivity contribution in [2.45, 2.75) is 19.8 Å². The molecule has 0 aliphatic heterocycles. The van der Waals surface area contributed by atoms with Crippen LogP contribution >= 0.6 is 11.6 Å². The molecule has 0 heterocycles. The zero-order chi connectivity index (χ0) is 17.5. The van der Waals surface area contributed by atoms with Gasteiger partial charge >= 0.3 is 0 Å². The number of hydrogen-bond donors (Lipinski definition) is 2. The first kappa shape index (κ1) is 18.3. The summed E-state index contributed by atoms with van der Waals surface area (Å²) in [5.74, 6) is 0.559. The normalized spacial score (nSPS) is 12.0. The van der Waals surface area contributed by atoms with Crippen LogP contribution in [0.4, 0.5) is 5.69 Å². The van der Waals surface area contributed by atoms with E-state index in [1.54, 1.807) is 6.07 Å². The van der Waals surface area contributed by atoms with Gasteiger partial charge < -0.3 is 15.8 Å². The number of nitrogens with two attached hydrogens (primary N) is 1. The van der Waals surface area contributed by atoms with E-state index < -0.39 is 0 Å². The molecular formula is C19H23ClN2O2. The van der Waals surface area contributed by atoms with Crippen LogP contribution < -0.4 is 15.8 Å². The van der Waals surface area contributed by atoms with Crippen molar-refractivity contribution in [2.75, 3.05) is 18.5 Å². The lowest BCUT2D eigenvalue weighted by atomic mass is 9.87. The molecule has 1 atom stereocenters. The number of carbonyl (C=O) groups excluding carboxylic acids is 1. The van der Waals surface area contributed by atoms with Crippen LogP contribution in [0.5, 0.6) is 5.75 Å². The topological polar surface area (TPSA) is 64.3 Å². The number of halogens is 1. The van der Waals surface area contributed by atoms with E-state index in [0.717, 1.165) is 17.0 Å². The van der Waals surface area contributed by atoms with Crippen LogP contribution in [0.15, 0.2) is 48.5 Å². The molecule has 0 aliphatic carbocycles. The number of benzene rings is 2. The third-order valence-electron chi connectivity index (χ3n) is 3.67. The van der Waals surface area contributed by atoms with Crippen molar-refractivity contribution in [1.29, 1.82) is 0 Å². The molecule has 1 unspecified atom stereocenters. The van der Waals surface area contributed by atoms with E-state index in [2.05, 4.69) is 5.32 Å². The van der Waals surface area contributed by atoms with Crippen LogP contribution in [-0.4, -0.2) is 19.1 Å². The van der Waals surface area contributed by atoms with E-state index in [4.69, 9.17) is 22.1 Å². The summed E-state index contributed by atoms with van der Waals surface area (Å²) >= 11 is 6.06. The lowest BCUT2D eigenvalue weighted by Crippen LogP contribution is -2.25. The number of nitrogens with one attached hydrogen (secondary N) is 1. The second-order valence-electron chi connectivity index (χ2n) is 5.93. The van der Waals surface area contributed by atoms with Crippen molar-refractivity contribution in [3.8, 4) is 5.75 Å². The maximum absolute atomic E-state index is 12.7. The standard InChI is InChI=1S/C19H23ClN2O2/c1-13(2)18(14-4-3-5-15(20)12-14)19(23)22-16-6-8-17(9-7-16)24-11-10-21/h3-9,12-13,18H,10-11,21H2,1-2H3,(H,22,23). The van der Waals surface area contributed by atoms with Gasteiger partial charge in [-0.05, 0) is 47.9 Å². The Morgan fingerprint density at radius 1 is 1.21 bits per heavy atom. The smallest absolute Gasteiger partial charge is 0.232 e. The van der Waals surface area contributed by atoms with Gasteiger partial charge in [0.05, 0.1) is 5.92 Å². The van der Waals surface area contributed by atoms with Gasteiger partial charge in [-0.3, -0.25) is 4.79 Å². The van der Waals surface area contributed by atoms with Gasteiger partial charge in [-0.2, -0.15) is 0 Å². The van der Waals surface area contributed by atoms with Gasteiger partial charge in [-0.25, -0.2) is 0 Å². The molecular weight excluding hydrogens is 324 g/mol. The van der Waals surface area contributed by atoms with Gasteiger partial charge in [0, 0.05) is 17.3 Å². The lowest BCUT2D eigenvalue weighted by Gasteiger charge is -2.21. The highest BCUT2D eigenvalue weighted by Gasteiger charge is 2.24. The van der Waals surface area contributed by atoms with Crippen molar-refractivity contribution in [3.63, 3.8) is 0 Å². The molecule has 0 aliphatic rings. The Kier molecular flexibility index (Phi) is 6.64. The highest BCUT2D eigenvalue weighted by Crippen LogP contribution is 2.28. The zero-order valence-corrected chi connectivity index (χ0v) is 14.7. The predicted molar refractivity (Wildman–Crippen MR) is 98.7 cm³/mol. The number of hydrogen-bond acceptors (Lipinski definition) is 3. The van der Waals surface area contributed by atoms with E-state index in [0.29, 0.717) is 18.2 Å². The summed E-state index contributed by atoms with van der Waals surface area (Å²) in [7, 11) is 0. The molecule has 1 amide bonds. The molecule has 0 saturated heterocycles. The van der Waals surface area contributed by atoms with Gasteiger partial charge in [0.2, 0.25) is 5.91 Å². The first-order chi connectivity index (χ1) is 11.5. The van der Waals surface area contributed by atoms with E-state index in [1.165, 1.54) is 0 Å². The van der Waals surface area contributed by atoms with Crippen molar-refractivity contribution in [1.82, 2.24) is 0 Å². The van der Waals surface area contributed by atoms with Gasteiger partial charge in [0.15, 0.2) is 0 Å².